The molecule has 0 aliphatic heterocycles. The van der Waals surface area contributed by atoms with Crippen molar-refractivity contribution < 1.29 is 135 Å². The summed E-state index contributed by atoms with van der Waals surface area (Å²) in [5.74, 6) is 0. The van der Waals surface area contributed by atoms with E-state index in [1.807, 2.05) is 0 Å². The van der Waals surface area contributed by atoms with E-state index in [1.165, 1.54) is 0 Å². The maximum atomic E-state index is 0. The van der Waals surface area contributed by atoms with Crippen LogP contribution in [0.2, 0.25) is 0 Å². The zero-order valence-corrected chi connectivity index (χ0v) is 12.3. The third-order valence-corrected chi connectivity index (χ3v) is 0. The van der Waals surface area contributed by atoms with Crippen LogP contribution in [-0.4, -0.2) is 0 Å². The van der Waals surface area contributed by atoms with Gasteiger partial charge in [-0.25, -0.2) is 0 Å². The standard InChI is InChI=1S/Ce.Co.Cu.Mn.Mo.Ti. The van der Waals surface area contributed by atoms with Crippen LogP contribution in [0.5, 0.6) is 0 Å². The number of hydrogen-bond acceptors (Lipinski definition) is 0. The van der Waals surface area contributed by atoms with Gasteiger partial charge in [-0.05, 0) is 0 Å². The van der Waals surface area contributed by atoms with E-state index in [0.29, 0.717) is 0 Å². The molecule has 6 heteroatoms. The van der Waals surface area contributed by atoms with E-state index in [0.717, 1.165) is 0 Å². The second kappa shape index (κ2) is 34.6. The van der Waals surface area contributed by atoms with Gasteiger partial charge in [0.15, 0.2) is 0 Å². The Labute approximate surface area is 132 Å². The third-order valence-electron chi connectivity index (χ3n) is 0. The van der Waals surface area contributed by atoms with Crippen LogP contribution < -0.4 is 0 Å². The molecular weight excluding hydrogens is 461 g/mol. The molecule has 6 heavy (non-hydrogen) atoms. The molecule has 0 fully saturated rings. The molecule has 0 aliphatic carbocycles. The summed E-state index contributed by atoms with van der Waals surface area (Å²) in [6.45, 7) is 0. The smallest absolute Gasteiger partial charge is 0 e. The van der Waals surface area contributed by atoms with Gasteiger partial charge in [0.05, 0.1) is 0 Å². The van der Waals surface area contributed by atoms with Crippen molar-refractivity contribution in [2.75, 3.05) is 0 Å². The fourth-order valence-corrected chi connectivity index (χ4v) is 0. The first-order valence-electron chi connectivity index (χ1n) is 0. The summed E-state index contributed by atoms with van der Waals surface area (Å²) < 4.78 is 0. The van der Waals surface area contributed by atoms with Crippen LogP contribution in [0.25, 0.3) is 0 Å². The van der Waals surface area contributed by atoms with E-state index in [9.17, 15) is 0 Å². The van der Waals surface area contributed by atoms with Crippen LogP contribution in [0.4, 0.5) is 0 Å². The molecule has 41 valence electrons. The van der Waals surface area contributed by atoms with Crippen molar-refractivity contribution in [1.29, 1.82) is 0 Å². The molecule has 0 bridgehead atoms. The van der Waals surface area contributed by atoms with Gasteiger partial charge >= 0.3 is 0 Å². The number of hydrogen-bond donors (Lipinski definition) is 0. The molecule has 3 radical (unpaired) electrons. The summed E-state index contributed by atoms with van der Waals surface area (Å²) in [7, 11) is 0. The Balaban J connectivity index is 0. The van der Waals surface area contributed by atoms with Gasteiger partial charge in [-0.3, -0.25) is 0 Å². The summed E-state index contributed by atoms with van der Waals surface area (Å²) in [6, 6.07) is 0. The van der Waals surface area contributed by atoms with Gasteiger partial charge < -0.3 is 0 Å². The summed E-state index contributed by atoms with van der Waals surface area (Å²) in [6.07, 6.45) is 0. The van der Waals surface area contributed by atoms with E-state index in [-0.39, 0.29) is 135 Å². The summed E-state index contributed by atoms with van der Waals surface area (Å²) in [4.78, 5) is 0. The minimum atomic E-state index is 0. The molecule has 0 saturated heterocycles. The van der Waals surface area contributed by atoms with Crippen molar-refractivity contribution in [2.24, 2.45) is 0 Å². The van der Waals surface area contributed by atoms with Crippen molar-refractivity contribution >= 4 is 0 Å². The van der Waals surface area contributed by atoms with Gasteiger partial charge in [0.1, 0.15) is 0 Å². The molecule has 0 unspecified atom stereocenters. The van der Waals surface area contributed by atoms with Crippen molar-refractivity contribution in [3.05, 3.63) is 0 Å². The minimum Gasteiger partial charge on any atom is 0 e. The molecule has 0 spiro atoms. The summed E-state index contributed by atoms with van der Waals surface area (Å²) in [5, 5.41) is 0. The molecule has 0 heterocycles. The average molecular weight is 461 g/mol. The second-order valence-electron chi connectivity index (χ2n) is 0. The molecule has 0 aromatic carbocycles. The minimum absolute atomic E-state index is 0. The summed E-state index contributed by atoms with van der Waals surface area (Å²) in [5.41, 5.74) is 0. The molecule has 0 nitrogen and oxygen atoms in total. The second-order valence-corrected chi connectivity index (χ2v) is 0. The molecule has 0 rings (SSSR count). The van der Waals surface area contributed by atoms with Gasteiger partial charge in [0, 0.05) is 135 Å². The van der Waals surface area contributed by atoms with E-state index in [1.54, 1.807) is 0 Å². The Morgan fingerprint density at radius 2 is 1.00 bits per heavy atom. The Morgan fingerprint density at radius 1 is 1.00 bits per heavy atom. The van der Waals surface area contributed by atoms with E-state index >= 15 is 0 Å². The maximum absolute atomic E-state index is 0. The van der Waals surface area contributed by atoms with Crippen molar-refractivity contribution in [2.45, 2.75) is 0 Å². The fourth-order valence-electron chi connectivity index (χ4n) is 0. The predicted molar refractivity (Wildman–Crippen MR) is 0 cm³/mol. The molecule has 0 saturated carbocycles. The van der Waals surface area contributed by atoms with Gasteiger partial charge in [0.2, 0.25) is 0 Å². The van der Waals surface area contributed by atoms with Crippen LogP contribution in [0.1, 0.15) is 0 Å². The largest absolute Gasteiger partial charge is 0 e. The third kappa shape index (κ3) is 23.9. The topological polar surface area (TPSA) is 0 Å². The Morgan fingerprint density at radius 3 is 1.00 bits per heavy atom. The van der Waals surface area contributed by atoms with Crippen LogP contribution >= 0.6 is 0 Å². The molecule has 0 aliphatic rings. The zero-order valence-electron chi connectivity index (χ0n) is 2.42. The monoisotopic (exact) mass is 463 g/mol. The van der Waals surface area contributed by atoms with E-state index in [2.05, 4.69) is 0 Å². The molecular formula is CeCoCuMnMoTi. The first kappa shape index (κ1) is 48.0. The zero-order chi connectivity index (χ0) is 0. The van der Waals surface area contributed by atoms with Gasteiger partial charge in [-0.15, -0.1) is 0 Å². The molecule has 0 aromatic heterocycles. The van der Waals surface area contributed by atoms with Crippen LogP contribution in [0.15, 0.2) is 0 Å². The summed E-state index contributed by atoms with van der Waals surface area (Å²) >= 11 is 0. The SMILES string of the molecule is [Ce].[Co].[Cu].[Mn].[Mo].[Ti]. The van der Waals surface area contributed by atoms with Gasteiger partial charge in [-0.1, -0.05) is 0 Å². The van der Waals surface area contributed by atoms with E-state index < -0.39 is 0 Å². The molecule has 0 amide bonds. The molecule has 0 atom stereocenters. The Hall–Kier alpha value is 4.32. The number of rotatable bonds is 0. The fraction of sp³-hybridized carbons (Fsp3) is 0. The van der Waals surface area contributed by atoms with Crippen molar-refractivity contribution in [3.63, 3.8) is 0 Å². The Kier molecular flexibility index (Phi) is 276. The van der Waals surface area contributed by atoms with Crippen molar-refractivity contribution in [1.82, 2.24) is 0 Å². The normalized spacial score (nSPS) is 0. The van der Waals surface area contributed by atoms with Gasteiger partial charge in [0.25, 0.3) is 0 Å². The predicted octanol–water partition coefficient (Wildman–Crippen LogP) is -0.0125. The van der Waals surface area contributed by atoms with Crippen LogP contribution in [0, 0.1) is 41.7 Å². The first-order chi connectivity index (χ1) is 0. The average Bonchev–Trinajstić information content (AvgIpc) is 0. The first-order valence-corrected chi connectivity index (χ1v) is 0. The maximum Gasteiger partial charge on any atom is 0 e. The van der Waals surface area contributed by atoms with Crippen LogP contribution in [-0.2, 0) is 93.7 Å². The Bertz CT molecular complexity index is 15.5. The molecule has 0 aromatic rings. The van der Waals surface area contributed by atoms with Crippen LogP contribution in [0.3, 0.4) is 0 Å². The quantitative estimate of drug-likeness (QED) is 0.446. The van der Waals surface area contributed by atoms with E-state index in [4.69, 9.17) is 0 Å². The van der Waals surface area contributed by atoms with Gasteiger partial charge in [-0.2, -0.15) is 0 Å². The molecule has 0 N–H and O–H groups in total. The van der Waals surface area contributed by atoms with Crippen molar-refractivity contribution in [3.8, 4) is 0 Å².